The zero-order chi connectivity index (χ0) is 16.7. The second kappa shape index (κ2) is 8.28. The van der Waals surface area contributed by atoms with E-state index < -0.39 is 0 Å². The number of ether oxygens (including phenoxy) is 2. The minimum atomic E-state index is -0.354. The molecule has 0 saturated heterocycles. The fraction of sp³-hybridized carbons (Fsp3) is 0.312. The molecule has 1 aromatic carbocycles. The second-order valence-electron chi connectivity index (χ2n) is 4.79. The summed E-state index contributed by atoms with van der Waals surface area (Å²) in [5.74, 6) is 0.326. The Labute approximate surface area is 138 Å². The van der Waals surface area contributed by atoms with E-state index in [9.17, 15) is 9.59 Å². The molecule has 1 heterocycles. The Hall–Kier alpha value is -2.41. The number of carbonyl (C=O) groups is 2. The van der Waals surface area contributed by atoms with Gasteiger partial charge in [0.1, 0.15) is 5.75 Å². The molecule has 0 aliphatic carbocycles. The molecule has 1 aromatic heterocycles. The number of carbonyl (C=O) groups excluding carboxylic acids is 2. The first kappa shape index (κ1) is 17.0. The van der Waals surface area contributed by atoms with Gasteiger partial charge in [-0.15, -0.1) is 11.3 Å². The van der Waals surface area contributed by atoms with Crippen LogP contribution in [-0.2, 0) is 27.2 Å². The molecule has 0 aliphatic heterocycles. The van der Waals surface area contributed by atoms with Gasteiger partial charge in [-0.25, -0.2) is 4.98 Å². The van der Waals surface area contributed by atoms with Crippen LogP contribution in [0.2, 0.25) is 0 Å². The maximum atomic E-state index is 11.9. The maximum absolute atomic E-state index is 11.9. The van der Waals surface area contributed by atoms with E-state index in [-0.39, 0.29) is 18.3 Å². The van der Waals surface area contributed by atoms with Gasteiger partial charge in [-0.05, 0) is 24.1 Å². The molecule has 2 aromatic rings. The van der Waals surface area contributed by atoms with Crippen LogP contribution in [0.5, 0.6) is 5.75 Å². The highest BCUT2D eigenvalue weighted by Gasteiger charge is 2.10. The number of amides is 1. The van der Waals surface area contributed by atoms with Crippen LogP contribution in [0.15, 0.2) is 29.6 Å². The first-order valence-corrected chi connectivity index (χ1v) is 7.92. The second-order valence-corrected chi connectivity index (χ2v) is 5.65. The summed E-state index contributed by atoms with van der Waals surface area (Å²) in [6, 6.07) is 7.61. The molecule has 0 radical (unpaired) electrons. The van der Waals surface area contributed by atoms with Crippen LogP contribution in [0.25, 0.3) is 0 Å². The number of hydrogen-bond donors (Lipinski definition) is 1. The molecule has 7 heteroatoms. The van der Waals surface area contributed by atoms with Crippen molar-refractivity contribution in [1.29, 1.82) is 0 Å². The third-order valence-corrected chi connectivity index (χ3v) is 3.96. The van der Waals surface area contributed by atoms with Crippen LogP contribution in [0.1, 0.15) is 17.7 Å². The molecule has 0 spiro atoms. The van der Waals surface area contributed by atoms with Gasteiger partial charge in [0.25, 0.3) is 0 Å². The lowest BCUT2D eigenvalue weighted by Gasteiger charge is -2.04. The van der Waals surface area contributed by atoms with E-state index in [2.05, 4.69) is 15.0 Å². The Morgan fingerprint density at radius 1 is 1.22 bits per heavy atom. The lowest BCUT2D eigenvalue weighted by atomic mass is 10.1. The molecule has 1 N–H and O–H groups in total. The van der Waals surface area contributed by atoms with Crippen LogP contribution >= 0.6 is 11.3 Å². The summed E-state index contributed by atoms with van der Waals surface area (Å²) in [5.41, 5.74) is 1.65. The van der Waals surface area contributed by atoms with Crippen LogP contribution < -0.4 is 10.1 Å². The normalized spacial score (nSPS) is 10.2. The molecule has 0 atom stereocenters. The first-order valence-electron chi connectivity index (χ1n) is 7.04. The number of aromatic nitrogens is 1. The Kier molecular flexibility index (Phi) is 6.10. The fourth-order valence-corrected chi connectivity index (χ4v) is 2.62. The Balaban J connectivity index is 1.81. The standard InChI is InChI=1S/C16H18N2O4S/c1-21-13-6-3-11(4-7-13)5-8-14(19)18-16-17-12(10-23-16)9-15(20)22-2/h3-4,6-7,10H,5,8-9H2,1-2H3,(H,17,18,19). The molecule has 6 nitrogen and oxygen atoms in total. The Morgan fingerprint density at radius 2 is 1.96 bits per heavy atom. The van der Waals surface area contributed by atoms with Crippen LogP contribution in [0.3, 0.4) is 0 Å². The molecule has 2 rings (SSSR count). The molecular formula is C16H18N2O4S. The SMILES string of the molecule is COC(=O)Cc1csc(NC(=O)CCc2ccc(OC)cc2)n1. The van der Waals surface area contributed by atoms with Gasteiger partial charge in [0.05, 0.1) is 26.3 Å². The van der Waals surface area contributed by atoms with Gasteiger partial charge in [-0.3, -0.25) is 9.59 Å². The van der Waals surface area contributed by atoms with E-state index in [4.69, 9.17) is 4.74 Å². The van der Waals surface area contributed by atoms with Gasteiger partial charge < -0.3 is 14.8 Å². The number of aryl methyl sites for hydroxylation is 1. The Bertz CT molecular complexity index is 667. The number of rotatable bonds is 7. The number of methoxy groups -OCH3 is 2. The van der Waals surface area contributed by atoms with Crippen LogP contribution in [-0.4, -0.2) is 31.1 Å². The fourth-order valence-electron chi connectivity index (χ4n) is 1.90. The van der Waals surface area contributed by atoms with Crippen molar-refractivity contribution in [2.45, 2.75) is 19.3 Å². The topological polar surface area (TPSA) is 77.5 Å². The van der Waals surface area contributed by atoms with E-state index in [0.29, 0.717) is 23.7 Å². The van der Waals surface area contributed by atoms with E-state index in [1.165, 1.54) is 18.4 Å². The number of nitrogens with one attached hydrogen (secondary N) is 1. The summed E-state index contributed by atoms with van der Waals surface area (Å²) in [6.07, 6.45) is 1.10. The van der Waals surface area contributed by atoms with Crippen molar-refractivity contribution >= 4 is 28.3 Å². The van der Waals surface area contributed by atoms with Gasteiger partial charge >= 0.3 is 5.97 Å². The number of anilines is 1. The van der Waals surface area contributed by atoms with E-state index >= 15 is 0 Å². The first-order chi connectivity index (χ1) is 11.1. The van der Waals surface area contributed by atoms with Gasteiger partial charge in [0.15, 0.2) is 5.13 Å². The molecule has 0 fully saturated rings. The van der Waals surface area contributed by atoms with Crippen molar-refractivity contribution in [3.8, 4) is 5.75 Å². The van der Waals surface area contributed by atoms with Gasteiger partial charge in [0, 0.05) is 11.8 Å². The molecule has 23 heavy (non-hydrogen) atoms. The number of esters is 1. The smallest absolute Gasteiger partial charge is 0.311 e. The molecule has 0 aliphatic rings. The zero-order valence-corrected chi connectivity index (χ0v) is 13.8. The highest BCUT2D eigenvalue weighted by atomic mass is 32.1. The summed E-state index contributed by atoms with van der Waals surface area (Å²) in [4.78, 5) is 27.3. The average Bonchev–Trinajstić information content (AvgIpc) is 3.00. The van der Waals surface area contributed by atoms with Crippen molar-refractivity contribution < 1.29 is 19.1 Å². The number of benzene rings is 1. The summed E-state index contributed by atoms with van der Waals surface area (Å²) in [5, 5.41) is 4.96. The van der Waals surface area contributed by atoms with Crippen molar-refractivity contribution in [2.24, 2.45) is 0 Å². The van der Waals surface area contributed by atoms with Crippen LogP contribution in [0, 0.1) is 0 Å². The van der Waals surface area contributed by atoms with E-state index in [1.807, 2.05) is 24.3 Å². The monoisotopic (exact) mass is 334 g/mol. The number of nitrogens with zero attached hydrogens (tertiary/aromatic N) is 1. The van der Waals surface area contributed by atoms with E-state index in [1.54, 1.807) is 12.5 Å². The van der Waals surface area contributed by atoms with Crippen molar-refractivity contribution in [3.63, 3.8) is 0 Å². The Morgan fingerprint density at radius 3 is 2.61 bits per heavy atom. The molecule has 1 amide bonds. The number of thiazole rings is 1. The van der Waals surface area contributed by atoms with Crippen LogP contribution in [0.4, 0.5) is 5.13 Å². The summed E-state index contributed by atoms with van der Waals surface area (Å²) in [7, 11) is 2.95. The summed E-state index contributed by atoms with van der Waals surface area (Å²) in [6.45, 7) is 0. The van der Waals surface area contributed by atoms with Crippen molar-refractivity contribution in [3.05, 3.63) is 40.9 Å². The predicted molar refractivity (Wildman–Crippen MR) is 87.8 cm³/mol. The minimum absolute atomic E-state index is 0.106. The van der Waals surface area contributed by atoms with Crippen molar-refractivity contribution in [1.82, 2.24) is 4.98 Å². The quantitative estimate of drug-likeness (QED) is 0.787. The highest BCUT2D eigenvalue weighted by molar-refractivity contribution is 7.13. The van der Waals surface area contributed by atoms with Gasteiger partial charge in [-0.2, -0.15) is 0 Å². The average molecular weight is 334 g/mol. The zero-order valence-electron chi connectivity index (χ0n) is 13.0. The molecule has 122 valence electrons. The lowest BCUT2D eigenvalue weighted by Crippen LogP contribution is -2.12. The molecule has 0 saturated carbocycles. The third kappa shape index (κ3) is 5.37. The lowest BCUT2D eigenvalue weighted by molar-refractivity contribution is -0.139. The number of hydrogen-bond acceptors (Lipinski definition) is 6. The van der Waals surface area contributed by atoms with Gasteiger partial charge in [-0.1, -0.05) is 12.1 Å². The molecular weight excluding hydrogens is 316 g/mol. The van der Waals surface area contributed by atoms with E-state index in [0.717, 1.165) is 11.3 Å². The maximum Gasteiger partial charge on any atom is 0.311 e. The highest BCUT2D eigenvalue weighted by Crippen LogP contribution is 2.17. The minimum Gasteiger partial charge on any atom is -0.497 e. The third-order valence-electron chi connectivity index (χ3n) is 3.15. The molecule has 0 unspecified atom stereocenters. The predicted octanol–water partition coefficient (Wildman–Crippen LogP) is 2.44. The molecule has 0 bridgehead atoms. The van der Waals surface area contributed by atoms with Crippen molar-refractivity contribution in [2.75, 3.05) is 19.5 Å². The van der Waals surface area contributed by atoms with Gasteiger partial charge in [0.2, 0.25) is 5.91 Å². The summed E-state index contributed by atoms with van der Waals surface area (Å²) < 4.78 is 9.67. The summed E-state index contributed by atoms with van der Waals surface area (Å²) >= 11 is 1.29. The largest absolute Gasteiger partial charge is 0.497 e.